The lowest BCUT2D eigenvalue weighted by Crippen LogP contribution is -1.85. The number of aryl methyl sites for hydroxylation is 1. The third-order valence-corrected chi connectivity index (χ3v) is 2.95. The second-order valence-corrected chi connectivity index (χ2v) is 4.14. The van der Waals surface area contributed by atoms with Crippen molar-refractivity contribution >= 4 is 0 Å². The van der Waals surface area contributed by atoms with E-state index in [1.807, 2.05) is 19.9 Å². The maximum atomic E-state index is 9.75. The SMILES string of the molecule is Cc1cc(-c2ccc(O)c(O)c2)cc(O)c1C. The Bertz CT molecular complexity index is 551. The Hall–Kier alpha value is -2.16. The average molecular weight is 230 g/mol. The summed E-state index contributed by atoms with van der Waals surface area (Å²) in [6.07, 6.45) is 0. The van der Waals surface area contributed by atoms with Gasteiger partial charge in [0, 0.05) is 0 Å². The molecule has 0 aliphatic heterocycles. The molecular formula is C14H14O3. The quantitative estimate of drug-likeness (QED) is 0.660. The first-order chi connectivity index (χ1) is 7.99. The van der Waals surface area contributed by atoms with Gasteiger partial charge < -0.3 is 15.3 Å². The molecule has 2 aromatic rings. The van der Waals surface area contributed by atoms with Crippen LogP contribution in [0.5, 0.6) is 17.2 Å². The number of aromatic hydroxyl groups is 3. The molecule has 0 aromatic heterocycles. The van der Waals surface area contributed by atoms with Crippen LogP contribution in [0.15, 0.2) is 30.3 Å². The summed E-state index contributed by atoms with van der Waals surface area (Å²) in [5.41, 5.74) is 3.38. The second-order valence-electron chi connectivity index (χ2n) is 4.14. The van der Waals surface area contributed by atoms with Crippen LogP contribution in [0.2, 0.25) is 0 Å². The molecule has 0 amide bonds. The van der Waals surface area contributed by atoms with E-state index in [9.17, 15) is 15.3 Å². The number of benzene rings is 2. The summed E-state index contributed by atoms with van der Waals surface area (Å²) in [6.45, 7) is 3.77. The summed E-state index contributed by atoms with van der Waals surface area (Å²) >= 11 is 0. The van der Waals surface area contributed by atoms with E-state index < -0.39 is 0 Å². The lowest BCUT2D eigenvalue weighted by molar-refractivity contribution is 0.404. The van der Waals surface area contributed by atoms with E-state index in [0.717, 1.165) is 22.3 Å². The highest BCUT2D eigenvalue weighted by atomic mass is 16.3. The molecule has 0 bridgehead atoms. The average Bonchev–Trinajstić information content (AvgIpc) is 2.29. The maximum absolute atomic E-state index is 9.75. The Labute approximate surface area is 99.6 Å². The molecular weight excluding hydrogens is 216 g/mol. The van der Waals surface area contributed by atoms with Crippen LogP contribution in [0.25, 0.3) is 11.1 Å². The molecule has 0 heterocycles. The Kier molecular flexibility index (Phi) is 2.68. The minimum absolute atomic E-state index is 0.151. The molecule has 3 heteroatoms. The van der Waals surface area contributed by atoms with E-state index in [-0.39, 0.29) is 17.2 Å². The van der Waals surface area contributed by atoms with E-state index in [0.29, 0.717) is 0 Å². The zero-order chi connectivity index (χ0) is 12.6. The van der Waals surface area contributed by atoms with Gasteiger partial charge in [-0.25, -0.2) is 0 Å². The highest BCUT2D eigenvalue weighted by Gasteiger charge is 2.07. The molecule has 2 rings (SSSR count). The van der Waals surface area contributed by atoms with Crippen molar-refractivity contribution in [1.82, 2.24) is 0 Å². The van der Waals surface area contributed by atoms with Gasteiger partial charge in [-0.2, -0.15) is 0 Å². The van der Waals surface area contributed by atoms with E-state index in [1.54, 1.807) is 12.1 Å². The normalized spacial score (nSPS) is 10.5. The summed E-state index contributed by atoms with van der Waals surface area (Å²) in [5, 5.41) is 28.4. The third kappa shape index (κ3) is 2.04. The minimum Gasteiger partial charge on any atom is -0.508 e. The minimum atomic E-state index is -0.166. The van der Waals surface area contributed by atoms with Crippen molar-refractivity contribution in [3.05, 3.63) is 41.5 Å². The van der Waals surface area contributed by atoms with E-state index in [1.165, 1.54) is 12.1 Å². The summed E-state index contributed by atoms with van der Waals surface area (Å²) in [4.78, 5) is 0. The highest BCUT2D eigenvalue weighted by Crippen LogP contribution is 2.33. The van der Waals surface area contributed by atoms with Gasteiger partial charge in [0.25, 0.3) is 0 Å². The predicted octanol–water partition coefficient (Wildman–Crippen LogP) is 3.09. The van der Waals surface area contributed by atoms with Crippen LogP contribution in [0.4, 0.5) is 0 Å². The van der Waals surface area contributed by atoms with Gasteiger partial charge in [-0.05, 0) is 54.3 Å². The Balaban J connectivity index is 2.57. The van der Waals surface area contributed by atoms with Crippen LogP contribution in [-0.4, -0.2) is 15.3 Å². The lowest BCUT2D eigenvalue weighted by atomic mass is 9.99. The summed E-state index contributed by atoms with van der Waals surface area (Å²) in [6, 6.07) is 8.17. The number of rotatable bonds is 1. The molecule has 0 saturated carbocycles. The van der Waals surface area contributed by atoms with E-state index in [2.05, 4.69) is 0 Å². The predicted molar refractivity (Wildman–Crippen MR) is 66.3 cm³/mol. The fourth-order valence-electron chi connectivity index (χ4n) is 1.71. The van der Waals surface area contributed by atoms with Crippen LogP contribution in [0.1, 0.15) is 11.1 Å². The number of phenolic OH excluding ortho intramolecular Hbond substituents is 3. The van der Waals surface area contributed by atoms with Gasteiger partial charge in [-0.3, -0.25) is 0 Å². The van der Waals surface area contributed by atoms with Gasteiger partial charge in [-0.1, -0.05) is 12.1 Å². The van der Waals surface area contributed by atoms with Crippen molar-refractivity contribution in [2.24, 2.45) is 0 Å². The zero-order valence-electron chi connectivity index (χ0n) is 9.73. The molecule has 0 fully saturated rings. The molecule has 3 nitrogen and oxygen atoms in total. The molecule has 0 spiro atoms. The molecule has 17 heavy (non-hydrogen) atoms. The second kappa shape index (κ2) is 4.01. The molecule has 3 N–H and O–H groups in total. The highest BCUT2D eigenvalue weighted by molar-refractivity contribution is 5.69. The molecule has 0 aliphatic carbocycles. The van der Waals surface area contributed by atoms with Gasteiger partial charge in [-0.15, -0.1) is 0 Å². The monoisotopic (exact) mass is 230 g/mol. The van der Waals surface area contributed by atoms with Crippen molar-refractivity contribution in [3.63, 3.8) is 0 Å². The molecule has 2 aromatic carbocycles. The van der Waals surface area contributed by atoms with Gasteiger partial charge in [0.2, 0.25) is 0 Å². The van der Waals surface area contributed by atoms with Gasteiger partial charge in [0.15, 0.2) is 11.5 Å². The maximum Gasteiger partial charge on any atom is 0.158 e. The topological polar surface area (TPSA) is 60.7 Å². The summed E-state index contributed by atoms with van der Waals surface area (Å²) < 4.78 is 0. The van der Waals surface area contributed by atoms with Crippen molar-refractivity contribution in [1.29, 1.82) is 0 Å². The number of hydrogen-bond acceptors (Lipinski definition) is 3. The number of hydrogen-bond donors (Lipinski definition) is 3. The Morgan fingerprint density at radius 2 is 1.35 bits per heavy atom. The fourth-order valence-corrected chi connectivity index (χ4v) is 1.71. The molecule has 0 saturated heterocycles. The van der Waals surface area contributed by atoms with Gasteiger partial charge in [0.1, 0.15) is 5.75 Å². The van der Waals surface area contributed by atoms with Gasteiger partial charge in [0.05, 0.1) is 0 Å². The van der Waals surface area contributed by atoms with Gasteiger partial charge >= 0.3 is 0 Å². The molecule has 0 atom stereocenters. The molecule has 0 unspecified atom stereocenters. The van der Waals surface area contributed by atoms with Crippen molar-refractivity contribution in [2.75, 3.05) is 0 Å². The van der Waals surface area contributed by atoms with Crippen molar-refractivity contribution in [2.45, 2.75) is 13.8 Å². The molecule has 0 aliphatic rings. The van der Waals surface area contributed by atoms with E-state index in [4.69, 9.17) is 0 Å². The fraction of sp³-hybridized carbons (Fsp3) is 0.143. The lowest BCUT2D eigenvalue weighted by Gasteiger charge is -2.09. The summed E-state index contributed by atoms with van der Waals surface area (Å²) in [7, 11) is 0. The Morgan fingerprint density at radius 3 is 1.94 bits per heavy atom. The summed E-state index contributed by atoms with van der Waals surface area (Å²) in [5.74, 6) is -0.0883. The largest absolute Gasteiger partial charge is 0.508 e. The van der Waals surface area contributed by atoms with Crippen LogP contribution >= 0.6 is 0 Å². The molecule has 0 radical (unpaired) electrons. The van der Waals surface area contributed by atoms with Crippen LogP contribution in [0.3, 0.4) is 0 Å². The Morgan fingerprint density at radius 1 is 0.706 bits per heavy atom. The first kappa shape index (κ1) is 11.3. The van der Waals surface area contributed by atoms with Crippen LogP contribution in [0, 0.1) is 13.8 Å². The van der Waals surface area contributed by atoms with Crippen molar-refractivity contribution in [3.8, 4) is 28.4 Å². The standard InChI is InChI=1S/C14H14O3/c1-8-5-11(7-13(16)9(8)2)10-3-4-12(15)14(17)6-10/h3-7,15-17H,1-2H3. The third-order valence-electron chi connectivity index (χ3n) is 2.95. The van der Waals surface area contributed by atoms with Crippen LogP contribution < -0.4 is 0 Å². The zero-order valence-corrected chi connectivity index (χ0v) is 9.73. The van der Waals surface area contributed by atoms with Crippen molar-refractivity contribution < 1.29 is 15.3 Å². The smallest absolute Gasteiger partial charge is 0.158 e. The molecule has 88 valence electrons. The first-order valence-electron chi connectivity index (χ1n) is 5.31. The van der Waals surface area contributed by atoms with E-state index >= 15 is 0 Å². The first-order valence-corrected chi connectivity index (χ1v) is 5.31. The van der Waals surface area contributed by atoms with Crippen LogP contribution in [-0.2, 0) is 0 Å². The number of phenols is 3.